The number of rotatable bonds is 2. The fourth-order valence-electron chi connectivity index (χ4n) is 1.80. The fourth-order valence-corrected chi connectivity index (χ4v) is 1.80. The highest BCUT2D eigenvalue weighted by molar-refractivity contribution is 5.44. The van der Waals surface area contributed by atoms with Gasteiger partial charge in [-0.1, -0.05) is 39.0 Å². The fraction of sp³-hybridized carbons (Fsp3) is 0.286. The number of nitrogen functional groups attached to an aromatic ring is 2. The molecule has 2 aromatic rings. The molecule has 4 N–H and O–H groups in total. The Hall–Kier alpha value is -2.30. The van der Waals surface area contributed by atoms with E-state index in [2.05, 4.69) is 30.7 Å². The van der Waals surface area contributed by atoms with Gasteiger partial charge >= 0.3 is 0 Å². The Morgan fingerprint density at radius 1 is 1.05 bits per heavy atom. The first-order valence-corrected chi connectivity index (χ1v) is 6.03. The van der Waals surface area contributed by atoms with Crippen molar-refractivity contribution in [3.8, 4) is 11.6 Å². The number of hydrogen-bond acceptors (Lipinski definition) is 5. The van der Waals surface area contributed by atoms with Crippen LogP contribution in [-0.2, 0) is 5.41 Å². The summed E-state index contributed by atoms with van der Waals surface area (Å²) < 4.78 is 5.79. The molecule has 19 heavy (non-hydrogen) atoms. The molecule has 0 saturated carbocycles. The van der Waals surface area contributed by atoms with E-state index in [9.17, 15) is 0 Å². The van der Waals surface area contributed by atoms with Crippen molar-refractivity contribution in [2.24, 2.45) is 0 Å². The number of aromatic nitrogens is 2. The smallest absolute Gasteiger partial charge is 0.226 e. The molecule has 5 nitrogen and oxygen atoms in total. The summed E-state index contributed by atoms with van der Waals surface area (Å²) >= 11 is 0. The van der Waals surface area contributed by atoms with E-state index in [1.54, 1.807) is 6.07 Å². The van der Waals surface area contributed by atoms with Gasteiger partial charge in [0.05, 0.1) is 0 Å². The van der Waals surface area contributed by atoms with Gasteiger partial charge in [-0.15, -0.1) is 0 Å². The Labute approximate surface area is 112 Å². The van der Waals surface area contributed by atoms with Gasteiger partial charge in [0.1, 0.15) is 11.6 Å². The second-order valence-corrected chi connectivity index (χ2v) is 5.34. The van der Waals surface area contributed by atoms with Crippen molar-refractivity contribution in [2.75, 3.05) is 11.5 Å². The van der Waals surface area contributed by atoms with Gasteiger partial charge in [-0.25, -0.2) is 0 Å². The number of benzene rings is 1. The lowest BCUT2D eigenvalue weighted by Gasteiger charge is -2.22. The van der Waals surface area contributed by atoms with Crippen molar-refractivity contribution < 1.29 is 4.74 Å². The molecule has 0 unspecified atom stereocenters. The minimum absolute atomic E-state index is 0.0271. The van der Waals surface area contributed by atoms with E-state index in [0.29, 0.717) is 5.88 Å². The van der Waals surface area contributed by atoms with Crippen LogP contribution in [0.5, 0.6) is 11.6 Å². The molecule has 0 amide bonds. The summed E-state index contributed by atoms with van der Waals surface area (Å²) in [5, 5.41) is 0. The van der Waals surface area contributed by atoms with Crippen LogP contribution in [0.25, 0.3) is 0 Å². The third-order valence-corrected chi connectivity index (χ3v) is 2.65. The first-order chi connectivity index (χ1) is 8.86. The molecule has 0 aliphatic rings. The number of para-hydroxylation sites is 1. The molecule has 0 atom stereocenters. The molecule has 0 aliphatic carbocycles. The van der Waals surface area contributed by atoms with Crippen molar-refractivity contribution in [3.05, 3.63) is 35.9 Å². The molecule has 0 saturated heterocycles. The maximum Gasteiger partial charge on any atom is 0.226 e. The van der Waals surface area contributed by atoms with Gasteiger partial charge < -0.3 is 16.2 Å². The van der Waals surface area contributed by atoms with Crippen molar-refractivity contribution in [3.63, 3.8) is 0 Å². The summed E-state index contributed by atoms with van der Waals surface area (Å²) in [7, 11) is 0. The van der Waals surface area contributed by atoms with E-state index in [4.69, 9.17) is 16.2 Å². The molecular weight excluding hydrogens is 240 g/mol. The Bertz CT molecular complexity index is 570. The number of ether oxygens (including phenoxy) is 1. The van der Waals surface area contributed by atoms with Crippen LogP contribution < -0.4 is 16.2 Å². The Morgan fingerprint density at radius 3 is 2.37 bits per heavy atom. The van der Waals surface area contributed by atoms with Crippen molar-refractivity contribution in [1.82, 2.24) is 9.97 Å². The van der Waals surface area contributed by atoms with E-state index in [1.807, 2.05) is 24.3 Å². The zero-order valence-corrected chi connectivity index (χ0v) is 11.3. The van der Waals surface area contributed by atoms with Crippen LogP contribution in [0.3, 0.4) is 0 Å². The van der Waals surface area contributed by atoms with Crippen LogP contribution in [0.15, 0.2) is 30.3 Å². The van der Waals surface area contributed by atoms with E-state index in [-0.39, 0.29) is 17.2 Å². The van der Waals surface area contributed by atoms with Crippen LogP contribution in [-0.4, -0.2) is 9.97 Å². The van der Waals surface area contributed by atoms with Crippen LogP contribution in [0.1, 0.15) is 26.3 Å². The number of nitrogens with two attached hydrogens (primary N) is 2. The lowest BCUT2D eigenvalue weighted by atomic mass is 9.86. The van der Waals surface area contributed by atoms with Crippen molar-refractivity contribution in [1.29, 1.82) is 0 Å². The summed E-state index contributed by atoms with van der Waals surface area (Å²) in [6.07, 6.45) is 0. The van der Waals surface area contributed by atoms with Gasteiger partial charge in [0.25, 0.3) is 0 Å². The highest BCUT2D eigenvalue weighted by atomic mass is 16.5. The number of hydrogen-bond donors (Lipinski definition) is 2. The lowest BCUT2D eigenvalue weighted by molar-refractivity contribution is 0.440. The van der Waals surface area contributed by atoms with Gasteiger partial charge in [0.2, 0.25) is 11.8 Å². The monoisotopic (exact) mass is 258 g/mol. The predicted octanol–water partition coefficient (Wildman–Crippen LogP) is 2.73. The standard InChI is InChI=1S/C14H18N4O/c1-14(2,3)9-6-4-5-7-10(9)19-12-8-11(15)17-13(16)18-12/h4-8H,1-3H3,(H4,15,16,17,18). The molecule has 1 heterocycles. The second-order valence-electron chi connectivity index (χ2n) is 5.34. The second kappa shape index (κ2) is 4.76. The van der Waals surface area contributed by atoms with Crippen molar-refractivity contribution in [2.45, 2.75) is 26.2 Å². The van der Waals surface area contributed by atoms with Gasteiger partial charge in [0, 0.05) is 11.6 Å². The molecule has 0 aliphatic heterocycles. The molecule has 1 aromatic heterocycles. The van der Waals surface area contributed by atoms with E-state index in [0.717, 1.165) is 11.3 Å². The number of nitrogens with zero attached hydrogens (tertiary/aromatic N) is 2. The van der Waals surface area contributed by atoms with Crippen molar-refractivity contribution >= 4 is 11.8 Å². The van der Waals surface area contributed by atoms with Crippen LogP contribution in [0, 0.1) is 0 Å². The normalized spacial score (nSPS) is 11.3. The molecule has 0 bridgehead atoms. The summed E-state index contributed by atoms with van der Waals surface area (Å²) in [5.41, 5.74) is 12.2. The van der Waals surface area contributed by atoms with E-state index >= 15 is 0 Å². The minimum Gasteiger partial charge on any atom is -0.438 e. The van der Waals surface area contributed by atoms with Gasteiger partial charge in [-0.05, 0) is 11.5 Å². The van der Waals surface area contributed by atoms with Crippen LogP contribution in [0.4, 0.5) is 11.8 Å². The highest BCUT2D eigenvalue weighted by Crippen LogP contribution is 2.33. The zero-order valence-electron chi connectivity index (χ0n) is 11.3. The summed E-state index contributed by atoms with van der Waals surface area (Å²) in [6.45, 7) is 6.37. The van der Waals surface area contributed by atoms with Crippen LogP contribution in [0.2, 0.25) is 0 Å². The molecule has 0 fully saturated rings. The van der Waals surface area contributed by atoms with Gasteiger partial charge in [-0.3, -0.25) is 0 Å². The predicted molar refractivity (Wildman–Crippen MR) is 76.1 cm³/mol. The van der Waals surface area contributed by atoms with E-state index in [1.165, 1.54) is 0 Å². The Kier molecular flexibility index (Phi) is 3.29. The maximum absolute atomic E-state index is 5.79. The summed E-state index contributed by atoms with van der Waals surface area (Å²) in [4.78, 5) is 7.83. The molecule has 100 valence electrons. The Morgan fingerprint density at radius 2 is 1.74 bits per heavy atom. The third kappa shape index (κ3) is 3.13. The zero-order chi connectivity index (χ0) is 14.0. The first-order valence-electron chi connectivity index (χ1n) is 6.03. The van der Waals surface area contributed by atoms with Gasteiger partial charge in [0.15, 0.2) is 0 Å². The highest BCUT2D eigenvalue weighted by Gasteiger charge is 2.19. The lowest BCUT2D eigenvalue weighted by Crippen LogP contribution is -2.12. The molecule has 0 spiro atoms. The van der Waals surface area contributed by atoms with E-state index < -0.39 is 0 Å². The molecule has 5 heteroatoms. The quantitative estimate of drug-likeness (QED) is 0.864. The maximum atomic E-state index is 5.79. The SMILES string of the molecule is CC(C)(C)c1ccccc1Oc1cc(N)nc(N)n1. The van der Waals surface area contributed by atoms with Crippen LogP contribution >= 0.6 is 0 Å². The van der Waals surface area contributed by atoms with Gasteiger partial charge in [-0.2, -0.15) is 9.97 Å². The first kappa shape index (κ1) is 13.1. The molecule has 0 radical (unpaired) electrons. The molecule has 1 aromatic carbocycles. The number of anilines is 2. The Balaban J connectivity index is 2.38. The summed E-state index contributed by atoms with van der Waals surface area (Å²) in [6, 6.07) is 9.38. The largest absolute Gasteiger partial charge is 0.438 e. The third-order valence-electron chi connectivity index (χ3n) is 2.65. The average Bonchev–Trinajstić information content (AvgIpc) is 2.26. The topological polar surface area (TPSA) is 87.0 Å². The summed E-state index contributed by atoms with van der Waals surface area (Å²) in [5.74, 6) is 1.48. The molecular formula is C14H18N4O. The molecule has 2 rings (SSSR count). The average molecular weight is 258 g/mol. The minimum atomic E-state index is -0.0271.